The molecule has 0 atom stereocenters. The lowest BCUT2D eigenvalue weighted by Gasteiger charge is -2.24. The fourth-order valence-corrected chi connectivity index (χ4v) is 2.11. The Morgan fingerprint density at radius 3 is 2.79 bits per heavy atom. The largest absolute Gasteiger partial charge is 0.460 e. The predicted molar refractivity (Wildman–Crippen MR) is 78.2 cm³/mol. The van der Waals surface area contributed by atoms with E-state index in [0.717, 1.165) is 42.8 Å². The molecular weight excluding hydrogens is 238 g/mol. The molecule has 0 aliphatic heterocycles. The van der Waals surface area contributed by atoms with Crippen LogP contribution in [0.4, 0.5) is 0 Å². The van der Waals surface area contributed by atoms with E-state index in [4.69, 9.17) is 9.15 Å². The molecule has 104 valence electrons. The quantitative estimate of drug-likeness (QED) is 0.827. The Balaban J connectivity index is 1.85. The van der Waals surface area contributed by atoms with Gasteiger partial charge in [0, 0.05) is 25.6 Å². The van der Waals surface area contributed by atoms with Crippen molar-refractivity contribution in [2.24, 2.45) is 5.41 Å². The summed E-state index contributed by atoms with van der Waals surface area (Å²) in [6.07, 6.45) is 1.05. The summed E-state index contributed by atoms with van der Waals surface area (Å²) in [6, 6.07) is 10.2. The maximum Gasteiger partial charge on any atom is 0.134 e. The third kappa shape index (κ3) is 4.08. The molecule has 0 bridgehead atoms. The van der Waals surface area contributed by atoms with Crippen molar-refractivity contribution in [3.05, 3.63) is 36.1 Å². The van der Waals surface area contributed by atoms with Crippen molar-refractivity contribution in [3.8, 4) is 0 Å². The molecule has 0 saturated heterocycles. The van der Waals surface area contributed by atoms with Gasteiger partial charge in [-0.3, -0.25) is 0 Å². The Hall–Kier alpha value is -1.32. The second kappa shape index (κ2) is 6.22. The maximum atomic E-state index is 5.78. The molecule has 0 unspecified atom stereocenters. The zero-order valence-electron chi connectivity index (χ0n) is 12.0. The van der Waals surface area contributed by atoms with E-state index in [1.165, 1.54) is 0 Å². The van der Waals surface area contributed by atoms with Crippen molar-refractivity contribution in [1.82, 2.24) is 5.32 Å². The van der Waals surface area contributed by atoms with E-state index >= 15 is 0 Å². The van der Waals surface area contributed by atoms with Gasteiger partial charge in [-0.2, -0.15) is 0 Å². The number of rotatable bonds is 7. The number of nitrogens with one attached hydrogen (secondary N) is 1. The van der Waals surface area contributed by atoms with Gasteiger partial charge in [0.25, 0.3) is 0 Å². The van der Waals surface area contributed by atoms with Crippen LogP contribution in [0.25, 0.3) is 11.0 Å². The maximum absolute atomic E-state index is 5.78. The average molecular weight is 261 g/mol. The summed E-state index contributed by atoms with van der Waals surface area (Å²) in [4.78, 5) is 0. The van der Waals surface area contributed by atoms with E-state index < -0.39 is 0 Å². The van der Waals surface area contributed by atoms with Crippen molar-refractivity contribution in [1.29, 1.82) is 0 Å². The molecular formula is C16H23NO2. The van der Waals surface area contributed by atoms with Crippen LogP contribution in [-0.4, -0.2) is 20.3 Å². The van der Waals surface area contributed by atoms with Gasteiger partial charge in [0.2, 0.25) is 0 Å². The lowest BCUT2D eigenvalue weighted by atomic mass is 9.90. The molecule has 0 amide bonds. The van der Waals surface area contributed by atoms with E-state index in [9.17, 15) is 0 Å². The zero-order chi connectivity index (χ0) is 13.7. The standard InChI is InChI=1S/C16H23NO2/c1-16(2,8-9-18-3)12-17-11-14-10-13-6-4-5-7-15(13)19-14/h4-7,10,17H,8-9,11-12H2,1-3H3. The number of benzene rings is 1. The molecule has 3 nitrogen and oxygen atoms in total. The van der Waals surface area contributed by atoms with E-state index in [-0.39, 0.29) is 5.41 Å². The van der Waals surface area contributed by atoms with Gasteiger partial charge in [-0.25, -0.2) is 0 Å². The minimum Gasteiger partial charge on any atom is -0.460 e. The summed E-state index contributed by atoms with van der Waals surface area (Å²) in [5.41, 5.74) is 1.19. The van der Waals surface area contributed by atoms with Crippen molar-refractivity contribution in [3.63, 3.8) is 0 Å². The van der Waals surface area contributed by atoms with Crippen LogP contribution in [0.15, 0.2) is 34.7 Å². The zero-order valence-corrected chi connectivity index (χ0v) is 12.0. The van der Waals surface area contributed by atoms with Crippen LogP contribution < -0.4 is 5.32 Å². The minimum atomic E-state index is 0.238. The Morgan fingerprint density at radius 2 is 2.05 bits per heavy atom. The second-order valence-electron chi connectivity index (χ2n) is 5.76. The van der Waals surface area contributed by atoms with Gasteiger partial charge < -0.3 is 14.5 Å². The fourth-order valence-electron chi connectivity index (χ4n) is 2.11. The highest BCUT2D eigenvalue weighted by atomic mass is 16.5. The van der Waals surface area contributed by atoms with Crippen LogP contribution in [0.3, 0.4) is 0 Å². The van der Waals surface area contributed by atoms with Gasteiger partial charge in [-0.1, -0.05) is 32.0 Å². The summed E-state index contributed by atoms with van der Waals surface area (Å²) in [5, 5.41) is 4.63. The molecule has 2 aromatic rings. The first-order chi connectivity index (χ1) is 9.11. The number of hydrogen-bond acceptors (Lipinski definition) is 3. The number of para-hydroxylation sites is 1. The molecule has 1 aromatic carbocycles. The number of hydrogen-bond donors (Lipinski definition) is 1. The first-order valence-corrected chi connectivity index (χ1v) is 6.78. The molecule has 3 heteroatoms. The van der Waals surface area contributed by atoms with Gasteiger partial charge in [0.05, 0.1) is 6.54 Å². The molecule has 1 N–H and O–H groups in total. The molecule has 0 radical (unpaired) electrons. The van der Waals surface area contributed by atoms with Gasteiger partial charge in [0.1, 0.15) is 11.3 Å². The van der Waals surface area contributed by atoms with Crippen molar-refractivity contribution in [2.45, 2.75) is 26.8 Å². The van der Waals surface area contributed by atoms with Crippen LogP contribution in [0, 0.1) is 5.41 Å². The van der Waals surface area contributed by atoms with Crippen LogP contribution in [0.5, 0.6) is 0 Å². The molecule has 0 aliphatic rings. The number of furan rings is 1. The van der Waals surface area contributed by atoms with Crippen LogP contribution >= 0.6 is 0 Å². The highest BCUT2D eigenvalue weighted by Crippen LogP contribution is 2.21. The topological polar surface area (TPSA) is 34.4 Å². The Kier molecular flexibility index (Phi) is 4.61. The average Bonchev–Trinajstić information content (AvgIpc) is 2.78. The fraction of sp³-hybridized carbons (Fsp3) is 0.500. The van der Waals surface area contributed by atoms with Gasteiger partial charge >= 0.3 is 0 Å². The molecule has 0 saturated carbocycles. The summed E-state index contributed by atoms with van der Waals surface area (Å²) in [6.45, 7) is 7.02. The van der Waals surface area contributed by atoms with Crippen LogP contribution in [0.2, 0.25) is 0 Å². The minimum absolute atomic E-state index is 0.238. The third-order valence-corrected chi connectivity index (χ3v) is 3.36. The Bertz CT molecular complexity index is 483. The van der Waals surface area contributed by atoms with Crippen LogP contribution in [-0.2, 0) is 11.3 Å². The lowest BCUT2D eigenvalue weighted by molar-refractivity contribution is 0.150. The van der Waals surface area contributed by atoms with Gasteiger partial charge in [0.15, 0.2) is 0 Å². The highest BCUT2D eigenvalue weighted by Gasteiger charge is 2.17. The molecule has 0 spiro atoms. The number of methoxy groups -OCH3 is 1. The highest BCUT2D eigenvalue weighted by molar-refractivity contribution is 5.77. The molecule has 0 fully saturated rings. The van der Waals surface area contributed by atoms with E-state index in [0.29, 0.717) is 0 Å². The second-order valence-corrected chi connectivity index (χ2v) is 5.76. The molecule has 0 aliphatic carbocycles. The Morgan fingerprint density at radius 1 is 1.26 bits per heavy atom. The first-order valence-electron chi connectivity index (χ1n) is 6.78. The summed E-state index contributed by atoms with van der Waals surface area (Å²) < 4.78 is 10.9. The number of fused-ring (bicyclic) bond motifs is 1. The van der Waals surface area contributed by atoms with Crippen LogP contribution in [0.1, 0.15) is 26.0 Å². The molecule has 1 aromatic heterocycles. The first kappa shape index (κ1) is 14.1. The summed E-state index contributed by atoms with van der Waals surface area (Å²) in [5.74, 6) is 0.990. The smallest absolute Gasteiger partial charge is 0.134 e. The molecule has 1 heterocycles. The van der Waals surface area contributed by atoms with E-state index in [1.54, 1.807) is 7.11 Å². The summed E-state index contributed by atoms with van der Waals surface area (Å²) >= 11 is 0. The van der Waals surface area contributed by atoms with Gasteiger partial charge in [-0.15, -0.1) is 0 Å². The van der Waals surface area contributed by atoms with Gasteiger partial charge in [-0.05, 0) is 24.0 Å². The Labute approximate surface area is 114 Å². The SMILES string of the molecule is COCCC(C)(C)CNCc1cc2ccccc2o1. The van der Waals surface area contributed by atoms with Crippen molar-refractivity contribution in [2.75, 3.05) is 20.3 Å². The van der Waals surface area contributed by atoms with Crippen molar-refractivity contribution < 1.29 is 9.15 Å². The predicted octanol–water partition coefficient (Wildman–Crippen LogP) is 3.59. The summed E-state index contributed by atoms with van der Waals surface area (Å²) in [7, 11) is 1.75. The lowest BCUT2D eigenvalue weighted by Crippen LogP contribution is -2.30. The normalized spacial score (nSPS) is 12.2. The number of ether oxygens (including phenoxy) is 1. The molecule has 19 heavy (non-hydrogen) atoms. The third-order valence-electron chi connectivity index (χ3n) is 3.36. The van der Waals surface area contributed by atoms with E-state index in [2.05, 4.69) is 31.3 Å². The molecule has 2 rings (SSSR count). The van der Waals surface area contributed by atoms with E-state index in [1.807, 2.05) is 18.2 Å². The monoisotopic (exact) mass is 261 g/mol. The van der Waals surface area contributed by atoms with Crippen molar-refractivity contribution >= 4 is 11.0 Å².